The van der Waals surface area contributed by atoms with Crippen molar-refractivity contribution in [3.63, 3.8) is 0 Å². The van der Waals surface area contributed by atoms with Crippen molar-refractivity contribution in [2.45, 2.75) is 18.9 Å². The third-order valence-electron chi connectivity index (χ3n) is 6.11. The SMILES string of the molecule is O=C(NCC(c1cccnc1)N1CCCC1)c1ccc(Nc2nccc3ccc(Cl)cc23)nc1. The summed E-state index contributed by atoms with van der Waals surface area (Å²) >= 11 is 6.16. The average molecular weight is 473 g/mol. The van der Waals surface area contributed by atoms with Crippen LogP contribution in [0.15, 0.2) is 73.3 Å². The number of fused-ring (bicyclic) bond motifs is 1. The number of nitrogens with one attached hydrogen (secondary N) is 2. The summed E-state index contributed by atoms with van der Waals surface area (Å²) in [5, 5.41) is 8.87. The first-order chi connectivity index (χ1) is 16.7. The molecule has 1 aromatic carbocycles. The molecule has 8 heteroatoms. The lowest BCUT2D eigenvalue weighted by molar-refractivity contribution is 0.0937. The van der Waals surface area contributed by atoms with Crippen molar-refractivity contribution in [1.82, 2.24) is 25.2 Å². The molecule has 0 radical (unpaired) electrons. The van der Waals surface area contributed by atoms with Crippen LogP contribution in [0.4, 0.5) is 11.6 Å². The molecular formula is C26H25ClN6O. The van der Waals surface area contributed by atoms with Gasteiger partial charge in [0.15, 0.2) is 0 Å². The molecule has 0 saturated carbocycles. The van der Waals surface area contributed by atoms with E-state index in [1.165, 1.54) is 12.8 Å². The maximum Gasteiger partial charge on any atom is 0.252 e. The summed E-state index contributed by atoms with van der Waals surface area (Å²) in [5.41, 5.74) is 1.62. The van der Waals surface area contributed by atoms with E-state index < -0.39 is 0 Å². The molecule has 0 aliphatic carbocycles. The van der Waals surface area contributed by atoms with Gasteiger partial charge in [0.2, 0.25) is 0 Å². The van der Waals surface area contributed by atoms with Gasteiger partial charge in [0.05, 0.1) is 11.6 Å². The Balaban J connectivity index is 1.26. The standard InChI is InChI=1S/C26H25ClN6O/c27-21-7-5-18-9-11-29-25(22(18)14-21)32-24-8-6-20(16-30-24)26(34)31-17-23(33-12-1-2-13-33)19-4-3-10-28-15-19/h3-11,14-16,23H,1-2,12-13,17H2,(H,31,34)(H,29,30,32). The molecule has 5 rings (SSSR count). The molecule has 1 saturated heterocycles. The number of carbonyl (C=O) groups excluding carboxylic acids is 1. The highest BCUT2D eigenvalue weighted by Gasteiger charge is 2.24. The number of anilines is 2. The number of pyridine rings is 3. The molecule has 0 bridgehead atoms. The van der Waals surface area contributed by atoms with E-state index in [1.54, 1.807) is 30.7 Å². The molecule has 7 nitrogen and oxygen atoms in total. The monoisotopic (exact) mass is 472 g/mol. The first kappa shape index (κ1) is 22.3. The van der Waals surface area contributed by atoms with Crippen molar-refractivity contribution >= 4 is 39.9 Å². The topological polar surface area (TPSA) is 83.0 Å². The van der Waals surface area contributed by atoms with Gasteiger partial charge in [0.25, 0.3) is 5.91 Å². The van der Waals surface area contributed by atoms with Crippen molar-refractivity contribution in [3.05, 3.63) is 89.5 Å². The Kier molecular flexibility index (Phi) is 6.65. The molecule has 34 heavy (non-hydrogen) atoms. The predicted octanol–water partition coefficient (Wildman–Crippen LogP) is 4.99. The fourth-order valence-corrected chi connectivity index (χ4v) is 4.51. The van der Waals surface area contributed by atoms with E-state index in [2.05, 4.69) is 36.6 Å². The number of likely N-dealkylation sites (tertiary alicyclic amines) is 1. The first-order valence-corrected chi connectivity index (χ1v) is 11.7. The Morgan fingerprint density at radius 1 is 1.03 bits per heavy atom. The largest absolute Gasteiger partial charge is 0.350 e. The van der Waals surface area contributed by atoms with Gasteiger partial charge in [-0.15, -0.1) is 0 Å². The van der Waals surface area contributed by atoms with Crippen LogP contribution in [-0.2, 0) is 0 Å². The zero-order valence-corrected chi connectivity index (χ0v) is 19.4. The number of rotatable bonds is 7. The normalized spacial score (nSPS) is 14.7. The number of aromatic nitrogens is 3. The average Bonchev–Trinajstić information content (AvgIpc) is 3.40. The minimum atomic E-state index is -0.151. The van der Waals surface area contributed by atoms with Gasteiger partial charge < -0.3 is 10.6 Å². The Morgan fingerprint density at radius 2 is 1.91 bits per heavy atom. The maximum atomic E-state index is 12.8. The lowest BCUT2D eigenvalue weighted by atomic mass is 10.1. The van der Waals surface area contributed by atoms with Crippen LogP contribution < -0.4 is 10.6 Å². The summed E-state index contributed by atoms with van der Waals surface area (Å²) in [4.78, 5) is 28.4. The lowest BCUT2D eigenvalue weighted by Gasteiger charge is -2.28. The van der Waals surface area contributed by atoms with Crippen LogP contribution in [0, 0.1) is 0 Å². The minimum Gasteiger partial charge on any atom is -0.350 e. The molecule has 1 atom stereocenters. The van der Waals surface area contributed by atoms with Gasteiger partial charge in [-0.1, -0.05) is 23.7 Å². The molecule has 3 aromatic heterocycles. The Bertz CT molecular complexity index is 1280. The van der Waals surface area contributed by atoms with Gasteiger partial charge in [-0.2, -0.15) is 0 Å². The van der Waals surface area contributed by atoms with Gasteiger partial charge in [-0.3, -0.25) is 14.7 Å². The molecule has 172 valence electrons. The van der Waals surface area contributed by atoms with E-state index in [1.807, 2.05) is 36.5 Å². The number of amides is 1. The van der Waals surface area contributed by atoms with Crippen molar-refractivity contribution < 1.29 is 4.79 Å². The van der Waals surface area contributed by atoms with Crippen LogP contribution in [-0.4, -0.2) is 45.4 Å². The highest BCUT2D eigenvalue weighted by Crippen LogP contribution is 2.27. The smallest absolute Gasteiger partial charge is 0.252 e. The molecule has 4 heterocycles. The highest BCUT2D eigenvalue weighted by molar-refractivity contribution is 6.31. The van der Waals surface area contributed by atoms with E-state index in [9.17, 15) is 4.79 Å². The van der Waals surface area contributed by atoms with Gasteiger partial charge in [-0.25, -0.2) is 9.97 Å². The second kappa shape index (κ2) is 10.2. The van der Waals surface area contributed by atoms with Gasteiger partial charge >= 0.3 is 0 Å². The fraction of sp³-hybridized carbons (Fsp3) is 0.231. The van der Waals surface area contributed by atoms with Crippen LogP contribution in [0.25, 0.3) is 10.8 Å². The van der Waals surface area contributed by atoms with Gasteiger partial charge in [-0.05, 0) is 73.3 Å². The third kappa shape index (κ3) is 5.00. The summed E-state index contributed by atoms with van der Waals surface area (Å²) in [6.45, 7) is 2.58. The zero-order chi connectivity index (χ0) is 23.3. The van der Waals surface area contributed by atoms with Crippen molar-refractivity contribution in [2.75, 3.05) is 25.0 Å². The van der Waals surface area contributed by atoms with Gasteiger partial charge in [0.1, 0.15) is 11.6 Å². The number of carbonyl (C=O) groups is 1. The predicted molar refractivity (Wildman–Crippen MR) is 134 cm³/mol. The molecule has 1 fully saturated rings. The van der Waals surface area contributed by atoms with Crippen LogP contribution in [0.2, 0.25) is 5.02 Å². The van der Waals surface area contributed by atoms with E-state index in [-0.39, 0.29) is 11.9 Å². The number of nitrogens with zero attached hydrogens (tertiary/aromatic N) is 4. The first-order valence-electron chi connectivity index (χ1n) is 11.4. The summed E-state index contributed by atoms with van der Waals surface area (Å²) in [6.07, 6.45) is 9.32. The minimum absolute atomic E-state index is 0.110. The lowest BCUT2D eigenvalue weighted by Crippen LogP contribution is -2.36. The van der Waals surface area contributed by atoms with Crippen LogP contribution in [0.1, 0.15) is 34.8 Å². The van der Waals surface area contributed by atoms with Crippen LogP contribution in [0.5, 0.6) is 0 Å². The summed E-state index contributed by atoms with van der Waals surface area (Å²) in [7, 11) is 0. The fourth-order valence-electron chi connectivity index (χ4n) is 4.34. The molecule has 0 spiro atoms. The Labute approximate surface area is 203 Å². The highest BCUT2D eigenvalue weighted by atomic mass is 35.5. The molecule has 1 amide bonds. The molecule has 1 aliphatic heterocycles. The van der Waals surface area contributed by atoms with Gasteiger partial charge in [0, 0.05) is 41.7 Å². The number of hydrogen-bond donors (Lipinski definition) is 2. The molecule has 2 N–H and O–H groups in total. The van der Waals surface area contributed by atoms with Crippen LogP contribution in [0.3, 0.4) is 0 Å². The second-order valence-corrected chi connectivity index (χ2v) is 8.77. The zero-order valence-electron chi connectivity index (χ0n) is 18.6. The maximum absolute atomic E-state index is 12.8. The summed E-state index contributed by atoms with van der Waals surface area (Å²) in [6, 6.07) is 15.3. The number of benzene rings is 1. The molecule has 1 unspecified atom stereocenters. The van der Waals surface area contributed by atoms with E-state index in [0.717, 1.165) is 29.4 Å². The number of hydrogen-bond acceptors (Lipinski definition) is 6. The van der Waals surface area contributed by atoms with Crippen molar-refractivity contribution in [3.8, 4) is 0 Å². The summed E-state index contributed by atoms with van der Waals surface area (Å²) in [5.74, 6) is 1.11. The molecule has 1 aliphatic rings. The Hall–Kier alpha value is -3.55. The van der Waals surface area contributed by atoms with Crippen molar-refractivity contribution in [1.29, 1.82) is 0 Å². The summed E-state index contributed by atoms with van der Waals surface area (Å²) < 4.78 is 0. The number of halogens is 1. The third-order valence-corrected chi connectivity index (χ3v) is 6.34. The van der Waals surface area contributed by atoms with E-state index in [4.69, 9.17) is 11.6 Å². The quantitative estimate of drug-likeness (QED) is 0.394. The molecular weight excluding hydrogens is 448 g/mol. The second-order valence-electron chi connectivity index (χ2n) is 8.34. The Morgan fingerprint density at radius 3 is 2.68 bits per heavy atom. The molecule has 4 aromatic rings. The van der Waals surface area contributed by atoms with Crippen LogP contribution >= 0.6 is 11.6 Å². The van der Waals surface area contributed by atoms with E-state index in [0.29, 0.717) is 28.8 Å². The van der Waals surface area contributed by atoms with Crippen molar-refractivity contribution in [2.24, 2.45) is 0 Å². The van der Waals surface area contributed by atoms with E-state index >= 15 is 0 Å².